The van der Waals surface area contributed by atoms with Crippen LogP contribution in [0.25, 0.3) is 0 Å². The van der Waals surface area contributed by atoms with Gasteiger partial charge in [-0.05, 0) is 147 Å². The van der Waals surface area contributed by atoms with E-state index in [9.17, 15) is 24.0 Å². The average molecular weight is 791 g/mol. The van der Waals surface area contributed by atoms with Crippen molar-refractivity contribution in [1.82, 2.24) is 0 Å². The zero-order chi connectivity index (χ0) is 41.3. The highest BCUT2D eigenvalue weighted by Crippen LogP contribution is 2.40. The molecule has 1 fully saturated rings. The van der Waals surface area contributed by atoms with Crippen LogP contribution in [0.1, 0.15) is 93.1 Å². The molecule has 0 bridgehead atoms. The quantitative estimate of drug-likeness (QED) is 0.0344. The van der Waals surface area contributed by atoms with Crippen molar-refractivity contribution in [3.8, 4) is 28.7 Å². The molecular weight excluding hydrogens is 744 g/mol. The second-order valence-corrected chi connectivity index (χ2v) is 13.4. The molecule has 12 heteroatoms. The maximum absolute atomic E-state index is 13.5. The largest absolute Gasteiger partial charge is 0.494 e. The molecule has 0 radical (unpaired) electrons. The molecule has 1 aliphatic rings. The van der Waals surface area contributed by atoms with E-state index in [4.69, 9.17) is 33.2 Å². The van der Waals surface area contributed by atoms with Crippen LogP contribution in [0.2, 0.25) is 0 Å². The minimum atomic E-state index is -0.564. The van der Waals surface area contributed by atoms with Gasteiger partial charge >= 0.3 is 29.8 Å². The second kappa shape index (κ2) is 21.6. The van der Waals surface area contributed by atoms with Crippen molar-refractivity contribution in [3.63, 3.8) is 0 Å². The first-order valence-electron chi connectivity index (χ1n) is 19.1. The third-order valence-electron chi connectivity index (χ3n) is 9.17. The van der Waals surface area contributed by atoms with Gasteiger partial charge in [-0.2, -0.15) is 0 Å². The molecule has 4 aromatic carbocycles. The van der Waals surface area contributed by atoms with Gasteiger partial charge in [0.05, 0.1) is 43.1 Å². The van der Waals surface area contributed by atoms with E-state index >= 15 is 0 Å². The van der Waals surface area contributed by atoms with E-state index in [1.165, 1.54) is 0 Å². The molecule has 0 saturated heterocycles. The number of esters is 5. The maximum atomic E-state index is 13.5. The smallest absolute Gasteiger partial charge is 0.343 e. The molecule has 1 saturated carbocycles. The monoisotopic (exact) mass is 790 g/mol. The average Bonchev–Trinajstić information content (AvgIpc) is 3.21. The van der Waals surface area contributed by atoms with Gasteiger partial charge in [0.1, 0.15) is 28.7 Å². The van der Waals surface area contributed by atoms with Crippen LogP contribution in [0.3, 0.4) is 0 Å². The number of hydrogen-bond donors (Lipinski definition) is 0. The van der Waals surface area contributed by atoms with Gasteiger partial charge in [0.2, 0.25) is 0 Å². The lowest BCUT2D eigenvalue weighted by atomic mass is 9.78. The fraction of sp³-hybridized carbons (Fsp3) is 0.283. The van der Waals surface area contributed by atoms with E-state index in [1.54, 1.807) is 91.9 Å². The van der Waals surface area contributed by atoms with Crippen molar-refractivity contribution in [2.45, 2.75) is 57.8 Å². The van der Waals surface area contributed by atoms with Crippen molar-refractivity contribution in [2.75, 3.05) is 26.4 Å². The highest BCUT2D eigenvalue weighted by molar-refractivity contribution is 5.94. The lowest BCUT2D eigenvalue weighted by Gasteiger charge is -2.27. The first-order valence-corrected chi connectivity index (χ1v) is 19.1. The minimum Gasteiger partial charge on any atom is -0.494 e. The molecule has 302 valence electrons. The Morgan fingerprint density at radius 2 is 1.03 bits per heavy atom. The van der Waals surface area contributed by atoms with Crippen LogP contribution in [0.15, 0.2) is 110 Å². The third-order valence-corrected chi connectivity index (χ3v) is 9.17. The predicted molar refractivity (Wildman–Crippen MR) is 214 cm³/mol. The van der Waals surface area contributed by atoms with E-state index in [1.807, 2.05) is 0 Å². The van der Waals surface area contributed by atoms with Crippen molar-refractivity contribution in [2.24, 2.45) is 0 Å². The summed E-state index contributed by atoms with van der Waals surface area (Å²) in [6.07, 6.45) is 7.71. The lowest BCUT2D eigenvalue weighted by Crippen LogP contribution is -2.18. The van der Waals surface area contributed by atoms with Crippen LogP contribution in [-0.2, 0) is 19.1 Å². The number of unbranched alkanes of at least 4 members (excludes halogenated alkanes) is 2. The Morgan fingerprint density at radius 3 is 1.50 bits per heavy atom. The number of hydrogen-bond acceptors (Lipinski definition) is 12. The van der Waals surface area contributed by atoms with Gasteiger partial charge < -0.3 is 33.2 Å². The van der Waals surface area contributed by atoms with Crippen LogP contribution < -0.4 is 23.7 Å². The molecule has 58 heavy (non-hydrogen) atoms. The zero-order valence-electron chi connectivity index (χ0n) is 32.4. The van der Waals surface area contributed by atoms with Crippen LogP contribution in [0.5, 0.6) is 28.7 Å². The predicted octanol–water partition coefficient (Wildman–Crippen LogP) is 8.70. The fourth-order valence-corrected chi connectivity index (χ4v) is 5.76. The number of aryl methyl sites for hydroxylation is 1. The molecule has 0 atom stereocenters. The summed E-state index contributed by atoms with van der Waals surface area (Å²) in [7, 11) is 0. The number of carbonyl (C=O) groups is 5. The van der Waals surface area contributed by atoms with E-state index in [0.29, 0.717) is 84.1 Å². The molecule has 0 N–H and O–H groups in total. The summed E-state index contributed by atoms with van der Waals surface area (Å²) in [5, 5.41) is 0. The van der Waals surface area contributed by atoms with Crippen LogP contribution >= 0.6 is 0 Å². The SMILES string of the molecule is C=CC(=O)OCCCCOc1ccc(C(=O)Oc2ccc(OC(=O)c3ccc(OC(=O)c4ccc(OCCCCOC(=O)C=C)cc4)cc3C3CCC3)c(C)c2)cc1. The molecule has 0 amide bonds. The Kier molecular flexibility index (Phi) is 15.8. The summed E-state index contributed by atoms with van der Waals surface area (Å²) in [5.74, 6) is -0.392. The molecule has 0 aromatic heterocycles. The summed E-state index contributed by atoms with van der Waals surface area (Å²) >= 11 is 0. The molecule has 4 aromatic rings. The van der Waals surface area contributed by atoms with Crippen molar-refractivity contribution < 1.29 is 57.1 Å². The molecule has 0 spiro atoms. The van der Waals surface area contributed by atoms with Gasteiger partial charge in [0.25, 0.3) is 0 Å². The maximum Gasteiger partial charge on any atom is 0.343 e. The molecule has 0 heterocycles. The van der Waals surface area contributed by atoms with Gasteiger partial charge in [0.15, 0.2) is 0 Å². The first kappa shape index (κ1) is 42.5. The van der Waals surface area contributed by atoms with Gasteiger partial charge in [-0.25, -0.2) is 24.0 Å². The topological polar surface area (TPSA) is 150 Å². The Morgan fingerprint density at radius 1 is 0.569 bits per heavy atom. The van der Waals surface area contributed by atoms with Gasteiger partial charge in [0, 0.05) is 12.2 Å². The van der Waals surface area contributed by atoms with Crippen LogP contribution in [-0.4, -0.2) is 56.3 Å². The Balaban J connectivity index is 1.11. The van der Waals surface area contributed by atoms with E-state index < -0.39 is 29.8 Å². The molecule has 0 unspecified atom stereocenters. The summed E-state index contributed by atoms with van der Waals surface area (Å²) in [5.41, 5.74) is 2.37. The van der Waals surface area contributed by atoms with Crippen molar-refractivity contribution in [3.05, 3.63) is 138 Å². The van der Waals surface area contributed by atoms with Crippen molar-refractivity contribution in [1.29, 1.82) is 0 Å². The van der Waals surface area contributed by atoms with E-state index in [-0.39, 0.29) is 24.9 Å². The van der Waals surface area contributed by atoms with E-state index in [0.717, 1.165) is 37.0 Å². The summed E-state index contributed by atoms with van der Waals surface area (Å²) in [4.78, 5) is 61.6. The molecule has 1 aliphatic carbocycles. The first-order chi connectivity index (χ1) is 28.1. The molecule has 12 nitrogen and oxygen atoms in total. The Labute approximate surface area is 337 Å². The second-order valence-electron chi connectivity index (χ2n) is 13.4. The minimum absolute atomic E-state index is 0.121. The highest BCUT2D eigenvalue weighted by Gasteiger charge is 2.27. The number of carbonyl (C=O) groups excluding carboxylic acids is 5. The number of ether oxygens (including phenoxy) is 7. The van der Waals surface area contributed by atoms with Gasteiger partial charge in [-0.3, -0.25) is 0 Å². The van der Waals surface area contributed by atoms with Crippen molar-refractivity contribution >= 4 is 29.8 Å². The lowest BCUT2D eigenvalue weighted by molar-refractivity contribution is -0.138. The van der Waals surface area contributed by atoms with Gasteiger partial charge in [-0.1, -0.05) is 19.6 Å². The zero-order valence-corrected chi connectivity index (χ0v) is 32.4. The van der Waals surface area contributed by atoms with Gasteiger partial charge in [-0.15, -0.1) is 0 Å². The fourth-order valence-electron chi connectivity index (χ4n) is 5.76. The summed E-state index contributed by atoms with van der Waals surface area (Å²) in [6.45, 7) is 9.88. The van der Waals surface area contributed by atoms with Crippen LogP contribution in [0, 0.1) is 6.92 Å². The van der Waals surface area contributed by atoms with E-state index in [2.05, 4.69) is 13.2 Å². The Hall–Kier alpha value is -6.69. The standard InChI is InChI=1S/C46H46O12/c1-4-42(47)54-27-8-6-25-52-35-17-13-33(14-18-35)44(49)56-37-22-24-41(31(3)29-37)58-46(51)39-23-21-38(30-40(39)32-11-10-12-32)57-45(50)34-15-19-36(20-16-34)53-26-7-9-28-55-43(48)5-2/h4-5,13-24,29-30,32H,1-2,6-12,25-28H2,3H3. The molecule has 5 rings (SSSR count). The normalized spacial score (nSPS) is 11.9. The van der Waals surface area contributed by atoms with Crippen LogP contribution in [0.4, 0.5) is 0 Å². The number of rotatable bonds is 21. The molecular formula is C46H46O12. The third kappa shape index (κ3) is 12.7. The summed E-state index contributed by atoms with van der Waals surface area (Å²) in [6, 6.07) is 22.8. The Bertz CT molecular complexity index is 2080. The number of benzene rings is 4. The highest BCUT2D eigenvalue weighted by atomic mass is 16.6. The molecule has 0 aliphatic heterocycles. The summed E-state index contributed by atoms with van der Waals surface area (Å²) < 4.78 is 38.4.